The van der Waals surface area contributed by atoms with Gasteiger partial charge in [0.15, 0.2) is 5.96 Å². The fraction of sp³-hybridized carbons (Fsp3) is 0.692. The van der Waals surface area contributed by atoms with Crippen molar-refractivity contribution >= 4 is 5.96 Å². The van der Waals surface area contributed by atoms with E-state index in [9.17, 15) is 0 Å². The van der Waals surface area contributed by atoms with E-state index in [0.29, 0.717) is 5.92 Å². The third-order valence-electron chi connectivity index (χ3n) is 3.41. The van der Waals surface area contributed by atoms with Gasteiger partial charge in [0, 0.05) is 58.6 Å². The lowest BCUT2D eigenvalue weighted by molar-refractivity contribution is 0.157. The molecule has 0 aromatic carbocycles. The van der Waals surface area contributed by atoms with Crippen molar-refractivity contribution in [3.05, 3.63) is 18.7 Å². The van der Waals surface area contributed by atoms with Gasteiger partial charge in [0.05, 0.1) is 12.9 Å². The van der Waals surface area contributed by atoms with E-state index in [-0.39, 0.29) is 0 Å². The molecule has 0 spiro atoms. The summed E-state index contributed by atoms with van der Waals surface area (Å²) in [5.41, 5.74) is 0. The molecule has 0 saturated carbocycles. The molecule has 1 saturated heterocycles. The van der Waals surface area contributed by atoms with E-state index in [4.69, 9.17) is 4.74 Å². The molecule has 1 aromatic rings. The molecule has 6 heteroatoms. The molecule has 1 N–H and O–H groups in total. The Morgan fingerprint density at radius 2 is 2.47 bits per heavy atom. The number of guanidine groups is 1. The lowest BCUT2D eigenvalue weighted by Gasteiger charge is -2.21. The van der Waals surface area contributed by atoms with Crippen LogP contribution in [0.2, 0.25) is 0 Å². The highest BCUT2D eigenvalue weighted by atomic mass is 16.5. The second kappa shape index (κ2) is 7.13. The molecule has 106 valence electrons. The van der Waals surface area contributed by atoms with Gasteiger partial charge in [0.1, 0.15) is 0 Å². The summed E-state index contributed by atoms with van der Waals surface area (Å²) in [6.07, 6.45) is 6.77. The highest BCUT2D eigenvalue weighted by Gasteiger charge is 2.24. The fourth-order valence-electron chi connectivity index (χ4n) is 2.44. The van der Waals surface area contributed by atoms with Gasteiger partial charge in [-0.1, -0.05) is 0 Å². The zero-order chi connectivity index (χ0) is 13.5. The summed E-state index contributed by atoms with van der Waals surface area (Å²) in [4.78, 5) is 10.7. The Hall–Kier alpha value is -1.56. The smallest absolute Gasteiger partial charge is 0.193 e. The highest BCUT2D eigenvalue weighted by Crippen LogP contribution is 2.16. The number of rotatable bonds is 5. The third-order valence-corrected chi connectivity index (χ3v) is 3.41. The number of nitrogens with zero attached hydrogens (tertiary/aromatic N) is 4. The molecule has 1 aliphatic rings. The van der Waals surface area contributed by atoms with E-state index >= 15 is 0 Å². The van der Waals surface area contributed by atoms with E-state index in [1.807, 2.05) is 19.6 Å². The average molecular weight is 265 g/mol. The van der Waals surface area contributed by atoms with E-state index < -0.39 is 0 Å². The van der Waals surface area contributed by atoms with Crippen LogP contribution in [0, 0.1) is 5.92 Å². The van der Waals surface area contributed by atoms with Gasteiger partial charge in [-0.25, -0.2) is 4.98 Å². The molecule has 0 radical (unpaired) electrons. The number of ether oxygens (including phenoxy) is 1. The Bertz CT molecular complexity index is 390. The lowest BCUT2D eigenvalue weighted by atomic mass is 10.1. The molecule has 1 atom stereocenters. The van der Waals surface area contributed by atoms with Crippen molar-refractivity contribution < 1.29 is 4.74 Å². The van der Waals surface area contributed by atoms with Crippen molar-refractivity contribution in [3.63, 3.8) is 0 Å². The zero-order valence-electron chi connectivity index (χ0n) is 11.7. The molecule has 0 amide bonds. The Balaban J connectivity index is 1.74. The van der Waals surface area contributed by atoms with Crippen LogP contribution in [0.5, 0.6) is 0 Å². The van der Waals surface area contributed by atoms with Crippen LogP contribution < -0.4 is 5.32 Å². The SMILES string of the molecule is CN=C(NCCn1ccnc1)N1CCC(COC)C1. The van der Waals surface area contributed by atoms with Crippen LogP contribution in [-0.2, 0) is 11.3 Å². The first-order chi connectivity index (χ1) is 9.33. The van der Waals surface area contributed by atoms with Gasteiger partial charge in [-0.15, -0.1) is 0 Å². The predicted octanol–water partition coefficient (Wildman–Crippen LogP) is 0.427. The summed E-state index contributed by atoms with van der Waals surface area (Å²) in [6, 6.07) is 0. The molecule has 2 rings (SSSR count). The number of methoxy groups -OCH3 is 1. The van der Waals surface area contributed by atoms with Crippen LogP contribution in [0.25, 0.3) is 0 Å². The fourth-order valence-corrected chi connectivity index (χ4v) is 2.44. The molecule has 1 aliphatic heterocycles. The number of aromatic nitrogens is 2. The maximum atomic E-state index is 5.22. The molecular weight excluding hydrogens is 242 g/mol. The van der Waals surface area contributed by atoms with Crippen molar-refractivity contribution in [3.8, 4) is 0 Å². The first-order valence-corrected chi connectivity index (χ1v) is 6.73. The van der Waals surface area contributed by atoms with Crippen LogP contribution in [0.3, 0.4) is 0 Å². The van der Waals surface area contributed by atoms with Gasteiger partial charge in [0.2, 0.25) is 0 Å². The molecule has 6 nitrogen and oxygen atoms in total. The Labute approximate surface area is 114 Å². The van der Waals surface area contributed by atoms with E-state index in [1.165, 1.54) is 6.42 Å². The Kier molecular flexibility index (Phi) is 5.20. The monoisotopic (exact) mass is 265 g/mol. The van der Waals surface area contributed by atoms with Crippen molar-refractivity contribution in [1.29, 1.82) is 0 Å². The summed E-state index contributed by atoms with van der Waals surface area (Å²) in [5.74, 6) is 1.61. The van der Waals surface area contributed by atoms with Gasteiger partial charge in [0.25, 0.3) is 0 Å². The second-order valence-electron chi connectivity index (χ2n) is 4.83. The minimum absolute atomic E-state index is 0.622. The number of aliphatic imine (C=N–C) groups is 1. The van der Waals surface area contributed by atoms with Crippen molar-refractivity contribution in [2.24, 2.45) is 10.9 Å². The molecule has 2 heterocycles. The van der Waals surface area contributed by atoms with Gasteiger partial charge in [-0.3, -0.25) is 4.99 Å². The number of likely N-dealkylation sites (tertiary alicyclic amines) is 1. The molecular formula is C13H23N5O. The first-order valence-electron chi connectivity index (χ1n) is 6.73. The first kappa shape index (κ1) is 13.9. The minimum Gasteiger partial charge on any atom is -0.384 e. The summed E-state index contributed by atoms with van der Waals surface area (Å²) < 4.78 is 7.27. The van der Waals surface area contributed by atoms with Crippen molar-refractivity contribution in [1.82, 2.24) is 19.8 Å². The lowest BCUT2D eigenvalue weighted by Crippen LogP contribution is -2.41. The van der Waals surface area contributed by atoms with Crippen LogP contribution in [-0.4, -0.2) is 60.8 Å². The summed E-state index contributed by atoms with van der Waals surface area (Å²) in [6.45, 7) is 4.67. The maximum absolute atomic E-state index is 5.22. The number of hydrogen-bond acceptors (Lipinski definition) is 3. The number of nitrogens with one attached hydrogen (secondary N) is 1. The van der Waals surface area contributed by atoms with Crippen LogP contribution in [0.1, 0.15) is 6.42 Å². The highest BCUT2D eigenvalue weighted by molar-refractivity contribution is 5.80. The standard InChI is InChI=1S/C13H23N5O/c1-14-13(16-5-8-17-7-4-15-11-17)18-6-3-12(9-18)10-19-2/h4,7,11-12H,3,5-6,8-10H2,1-2H3,(H,14,16). The average Bonchev–Trinajstić information content (AvgIpc) is 3.06. The third kappa shape index (κ3) is 3.96. The summed E-state index contributed by atoms with van der Waals surface area (Å²) in [7, 11) is 3.60. The number of imidazole rings is 1. The predicted molar refractivity (Wildman–Crippen MR) is 75.1 cm³/mol. The molecule has 1 unspecified atom stereocenters. The summed E-state index contributed by atoms with van der Waals surface area (Å²) in [5, 5.41) is 3.40. The topological polar surface area (TPSA) is 54.7 Å². The minimum atomic E-state index is 0.622. The summed E-state index contributed by atoms with van der Waals surface area (Å²) >= 11 is 0. The van der Waals surface area contributed by atoms with Gasteiger partial charge >= 0.3 is 0 Å². The van der Waals surface area contributed by atoms with Crippen LogP contribution >= 0.6 is 0 Å². The van der Waals surface area contributed by atoms with E-state index in [2.05, 4.69) is 24.8 Å². The van der Waals surface area contributed by atoms with E-state index in [0.717, 1.165) is 38.7 Å². The second-order valence-corrected chi connectivity index (χ2v) is 4.83. The van der Waals surface area contributed by atoms with Crippen LogP contribution in [0.15, 0.2) is 23.7 Å². The van der Waals surface area contributed by atoms with Gasteiger partial charge < -0.3 is 19.5 Å². The maximum Gasteiger partial charge on any atom is 0.193 e. The van der Waals surface area contributed by atoms with E-state index in [1.54, 1.807) is 13.3 Å². The normalized spacial score (nSPS) is 20.0. The Morgan fingerprint density at radius 1 is 1.58 bits per heavy atom. The largest absolute Gasteiger partial charge is 0.384 e. The molecule has 0 aliphatic carbocycles. The number of hydrogen-bond donors (Lipinski definition) is 1. The zero-order valence-corrected chi connectivity index (χ0v) is 11.7. The van der Waals surface area contributed by atoms with Crippen molar-refractivity contribution in [2.45, 2.75) is 13.0 Å². The quantitative estimate of drug-likeness (QED) is 0.619. The Morgan fingerprint density at radius 3 is 3.16 bits per heavy atom. The molecule has 0 bridgehead atoms. The van der Waals surface area contributed by atoms with Gasteiger partial charge in [-0.2, -0.15) is 0 Å². The molecule has 19 heavy (non-hydrogen) atoms. The van der Waals surface area contributed by atoms with Crippen LogP contribution in [0.4, 0.5) is 0 Å². The molecule has 1 fully saturated rings. The van der Waals surface area contributed by atoms with Gasteiger partial charge in [-0.05, 0) is 6.42 Å². The van der Waals surface area contributed by atoms with Crippen molar-refractivity contribution in [2.75, 3.05) is 40.4 Å². The molecule has 1 aromatic heterocycles.